The van der Waals surface area contributed by atoms with E-state index in [4.69, 9.17) is 25.9 Å². The molecule has 0 saturated heterocycles. The molecular formula is C18H18ClNO4. The van der Waals surface area contributed by atoms with Crippen molar-refractivity contribution in [2.45, 2.75) is 6.42 Å². The van der Waals surface area contributed by atoms with Crippen molar-refractivity contribution >= 4 is 23.3 Å². The highest BCUT2D eigenvalue weighted by molar-refractivity contribution is 6.36. The average Bonchev–Trinajstić information content (AvgIpc) is 2.61. The summed E-state index contributed by atoms with van der Waals surface area (Å²) in [5.74, 6) is 0.199. The SMILES string of the molecule is CO/N=C(/Cc1ccc(OC)c(-c2ccc(Cl)cc2)c1)C(=O)OC. The van der Waals surface area contributed by atoms with Gasteiger partial charge in [0.1, 0.15) is 12.9 Å². The zero-order valence-electron chi connectivity index (χ0n) is 13.7. The fourth-order valence-electron chi connectivity index (χ4n) is 2.28. The Morgan fingerprint density at radius 2 is 1.79 bits per heavy atom. The third-order valence-corrected chi connectivity index (χ3v) is 3.67. The molecule has 2 rings (SSSR count). The van der Waals surface area contributed by atoms with Gasteiger partial charge in [0.15, 0.2) is 5.71 Å². The van der Waals surface area contributed by atoms with Crippen molar-refractivity contribution in [2.24, 2.45) is 5.16 Å². The van der Waals surface area contributed by atoms with Crippen LogP contribution in [-0.4, -0.2) is 33.0 Å². The minimum absolute atomic E-state index is 0.187. The number of esters is 1. The van der Waals surface area contributed by atoms with Crippen molar-refractivity contribution in [1.82, 2.24) is 0 Å². The van der Waals surface area contributed by atoms with Crippen molar-refractivity contribution in [2.75, 3.05) is 21.3 Å². The summed E-state index contributed by atoms with van der Waals surface area (Å²) < 4.78 is 10.1. The first-order valence-electron chi connectivity index (χ1n) is 7.20. The van der Waals surface area contributed by atoms with Gasteiger partial charge in [-0.3, -0.25) is 0 Å². The van der Waals surface area contributed by atoms with Gasteiger partial charge in [0, 0.05) is 17.0 Å². The lowest BCUT2D eigenvalue weighted by molar-refractivity contribution is -0.133. The van der Waals surface area contributed by atoms with Gasteiger partial charge in [0.25, 0.3) is 0 Å². The van der Waals surface area contributed by atoms with E-state index in [-0.39, 0.29) is 12.1 Å². The summed E-state index contributed by atoms with van der Waals surface area (Å²) in [6.45, 7) is 0. The molecule has 126 valence electrons. The van der Waals surface area contributed by atoms with Crippen LogP contribution in [-0.2, 0) is 20.8 Å². The molecule has 0 heterocycles. The largest absolute Gasteiger partial charge is 0.496 e. The lowest BCUT2D eigenvalue weighted by atomic mass is 9.99. The number of carbonyl (C=O) groups is 1. The highest BCUT2D eigenvalue weighted by Gasteiger charge is 2.15. The normalized spacial score (nSPS) is 11.1. The molecule has 0 N–H and O–H groups in total. The van der Waals surface area contributed by atoms with Crippen LogP contribution < -0.4 is 4.74 Å². The van der Waals surface area contributed by atoms with Gasteiger partial charge in [0.2, 0.25) is 0 Å². The Hall–Kier alpha value is -2.53. The van der Waals surface area contributed by atoms with Crippen LogP contribution in [0.2, 0.25) is 5.02 Å². The summed E-state index contributed by atoms with van der Waals surface area (Å²) in [7, 11) is 4.30. The lowest BCUT2D eigenvalue weighted by Crippen LogP contribution is -2.18. The molecule has 24 heavy (non-hydrogen) atoms. The predicted octanol–water partition coefficient (Wildman–Crippen LogP) is 3.73. The Kier molecular flexibility index (Phi) is 6.21. The Bertz CT molecular complexity index is 741. The number of rotatable bonds is 6. The van der Waals surface area contributed by atoms with Crippen molar-refractivity contribution in [3.63, 3.8) is 0 Å². The summed E-state index contributed by atoms with van der Waals surface area (Å²) in [6, 6.07) is 13.1. The number of methoxy groups -OCH3 is 2. The van der Waals surface area contributed by atoms with Gasteiger partial charge in [-0.25, -0.2) is 4.79 Å². The molecule has 0 aliphatic carbocycles. The summed E-state index contributed by atoms with van der Waals surface area (Å²) in [6.07, 6.45) is 0.283. The van der Waals surface area contributed by atoms with Gasteiger partial charge in [0.05, 0.1) is 14.2 Å². The Balaban J connectivity index is 2.39. The molecule has 0 aliphatic heterocycles. The maximum Gasteiger partial charge on any atom is 0.356 e. The first-order valence-corrected chi connectivity index (χ1v) is 7.58. The Morgan fingerprint density at radius 3 is 2.38 bits per heavy atom. The number of hydrogen-bond donors (Lipinski definition) is 0. The van der Waals surface area contributed by atoms with Crippen LogP contribution in [0.1, 0.15) is 5.56 Å². The number of oxime groups is 1. The van der Waals surface area contributed by atoms with E-state index in [1.54, 1.807) is 7.11 Å². The molecule has 5 nitrogen and oxygen atoms in total. The van der Waals surface area contributed by atoms with Crippen molar-refractivity contribution < 1.29 is 19.1 Å². The fraction of sp³-hybridized carbons (Fsp3) is 0.222. The van der Waals surface area contributed by atoms with Crippen LogP contribution in [0, 0.1) is 0 Å². The molecule has 0 atom stereocenters. The molecule has 0 amide bonds. The van der Waals surface area contributed by atoms with Crippen LogP contribution in [0.4, 0.5) is 0 Å². The first-order chi connectivity index (χ1) is 11.6. The van der Waals surface area contributed by atoms with Crippen LogP contribution in [0.15, 0.2) is 47.6 Å². The van der Waals surface area contributed by atoms with E-state index < -0.39 is 5.97 Å². The van der Waals surface area contributed by atoms with Gasteiger partial charge in [-0.1, -0.05) is 35.0 Å². The molecule has 0 aliphatic rings. The third kappa shape index (κ3) is 4.26. The summed E-state index contributed by atoms with van der Waals surface area (Å²) in [5.41, 5.74) is 2.92. The zero-order chi connectivity index (χ0) is 17.5. The van der Waals surface area contributed by atoms with Crippen LogP contribution >= 0.6 is 11.6 Å². The molecule has 0 radical (unpaired) electrons. The van der Waals surface area contributed by atoms with Crippen molar-refractivity contribution in [3.05, 3.63) is 53.1 Å². The minimum atomic E-state index is -0.527. The average molecular weight is 348 g/mol. The van der Waals surface area contributed by atoms with Crippen molar-refractivity contribution in [3.8, 4) is 16.9 Å². The van der Waals surface area contributed by atoms with Gasteiger partial charge in [-0.15, -0.1) is 0 Å². The van der Waals surface area contributed by atoms with Crippen molar-refractivity contribution in [1.29, 1.82) is 0 Å². The number of nitrogens with zero attached hydrogens (tertiary/aromatic N) is 1. The van der Waals surface area contributed by atoms with Gasteiger partial charge in [-0.05, 0) is 35.4 Å². The van der Waals surface area contributed by atoms with E-state index in [1.165, 1.54) is 14.2 Å². The monoisotopic (exact) mass is 347 g/mol. The molecule has 0 unspecified atom stereocenters. The van der Waals surface area contributed by atoms with E-state index in [9.17, 15) is 4.79 Å². The fourth-order valence-corrected chi connectivity index (χ4v) is 2.41. The van der Waals surface area contributed by atoms with E-state index in [2.05, 4.69) is 5.16 Å². The van der Waals surface area contributed by atoms with Gasteiger partial charge < -0.3 is 14.3 Å². The summed E-state index contributed by atoms with van der Waals surface area (Å²) in [4.78, 5) is 16.5. The first kappa shape index (κ1) is 17.8. The summed E-state index contributed by atoms with van der Waals surface area (Å²) >= 11 is 5.95. The second kappa shape index (κ2) is 8.36. The van der Waals surface area contributed by atoms with E-state index in [0.29, 0.717) is 5.02 Å². The smallest absolute Gasteiger partial charge is 0.356 e. The number of benzene rings is 2. The molecule has 0 aromatic heterocycles. The standard InChI is InChI=1S/C18H18ClNO4/c1-22-17-9-4-12(11-16(20-24-3)18(21)23-2)10-15(17)13-5-7-14(19)8-6-13/h4-10H,11H2,1-3H3/b20-16-. The number of carbonyl (C=O) groups excluding carboxylic acids is 1. The molecule has 0 spiro atoms. The second-order valence-corrected chi connectivity index (χ2v) is 5.37. The molecule has 0 saturated carbocycles. The molecule has 2 aromatic carbocycles. The third-order valence-electron chi connectivity index (χ3n) is 3.41. The number of hydrogen-bond acceptors (Lipinski definition) is 5. The molecule has 0 fully saturated rings. The number of halogens is 1. The zero-order valence-corrected chi connectivity index (χ0v) is 14.5. The lowest BCUT2D eigenvalue weighted by Gasteiger charge is -2.11. The highest BCUT2D eigenvalue weighted by atomic mass is 35.5. The van der Waals surface area contributed by atoms with Crippen LogP contribution in [0.3, 0.4) is 0 Å². The quantitative estimate of drug-likeness (QED) is 0.454. The number of ether oxygens (including phenoxy) is 2. The highest BCUT2D eigenvalue weighted by Crippen LogP contribution is 2.32. The molecule has 2 aromatic rings. The molecular weight excluding hydrogens is 330 g/mol. The van der Waals surface area contributed by atoms with E-state index >= 15 is 0 Å². The molecule has 6 heteroatoms. The predicted molar refractivity (Wildman–Crippen MR) is 93.6 cm³/mol. The molecule has 0 bridgehead atoms. The van der Waals surface area contributed by atoms with Gasteiger partial charge in [-0.2, -0.15) is 0 Å². The maximum atomic E-state index is 11.7. The topological polar surface area (TPSA) is 57.1 Å². The van der Waals surface area contributed by atoms with E-state index in [0.717, 1.165) is 22.4 Å². The minimum Gasteiger partial charge on any atom is -0.496 e. The Morgan fingerprint density at radius 1 is 1.08 bits per heavy atom. The van der Waals surface area contributed by atoms with Crippen LogP contribution in [0.25, 0.3) is 11.1 Å². The van der Waals surface area contributed by atoms with E-state index in [1.807, 2.05) is 42.5 Å². The maximum absolute atomic E-state index is 11.7. The summed E-state index contributed by atoms with van der Waals surface area (Å²) in [5, 5.41) is 4.40. The van der Waals surface area contributed by atoms with Gasteiger partial charge >= 0.3 is 5.97 Å². The Labute approximate surface area is 145 Å². The second-order valence-electron chi connectivity index (χ2n) is 4.93. The van der Waals surface area contributed by atoms with Crippen LogP contribution in [0.5, 0.6) is 5.75 Å².